The van der Waals surface area contributed by atoms with Crippen LogP contribution in [0.25, 0.3) is 0 Å². The minimum absolute atomic E-state index is 0.616. The summed E-state index contributed by atoms with van der Waals surface area (Å²) in [5.74, 6) is 1.78. The summed E-state index contributed by atoms with van der Waals surface area (Å²) in [7, 11) is 0. The molecule has 108 valence electrons. The van der Waals surface area contributed by atoms with Crippen molar-refractivity contribution in [3.05, 3.63) is 12.4 Å². The Balaban J connectivity index is 1.86. The van der Waals surface area contributed by atoms with E-state index in [1.807, 2.05) is 13.1 Å². The topological polar surface area (TPSA) is 39.1 Å². The van der Waals surface area contributed by atoms with Gasteiger partial charge in [-0.15, -0.1) is 0 Å². The van der Waals surface area contributed by atoms with Gasteiger partial charge in [0.05, 0.1) is 0 Å². The van der Waals surface area contributed by atoms with Crippen molar-refractivity contribution >= 4 is 5.95 Å². The van der Waals surface area contributed by atoms with Gasteiger partial charge in [0.1, 0.15) is 0 Å². The first-order chi connectivity index (χ1) is 9.33. The van der Waals surface area contributed by atoms with Crippen LogP contribution in [0.2, 0.25) is 0 Å². The van der Waals surface area contributed by atoms with Gasteiger partial charge in [0.25, 0.3) is 0 Å². The molecule has 0 radical (unpaired) electrons. The van der Waals surface area contributed by atoms with Crippen LogP contribution < -0.4 is 5.32 Å². The zero-order valence-corrected chi connectivity index (χ0v) is 12.3. The van der Waals surface area contributed by atoms with Crippen molar-refractivity contribution in [1.82, 2.24) is 9.55 Å². The normalized spacial score (nSPS) is 23.5. The maximum Gasteiger partial charge on any atom is 0.203 e. The first-order valence-corrected chi connectivity index (χ1v) is 7.67. The van der Waals surface area contributed by atoms with Crippen LogP contribution in [0.4, 0.5) is 5.95 Å². The molecule has 1 aliphatic carbocycles. The summed E-state index contributed by atoms with van der Waals surface area (Å²) in [4.78, 5) is 4.45. The Kier molecular flexibility index (Phi) is 5.70. The number of nitrogens with zero attached hydrogens (tertiary/aromatic N) is 2. The van der Waals surface area contributed by atoms with E-state index in [4.69, 9.17) is 4.74 Å². The smallest absolute Gasteiger partial charge is 0.203 e. The minimum atomic E-state index is 0.616. The van der Waals surface area contributed by atoms with Gasteiger partial charge in [0, 0.05) is 38.2 Å². The highest BCUT2D eigenvalue weighted by Gasteiger charge is 2.24. The van der Waals surface area contributed by atoms with Gasteiger partial charge in [-0.05, 0) is 32.1 Å². The van der Waals surface area contributed by atoms with Gasteiger partial charge in [-0.25, -0.2) is 4.98 Å². The molecular formula is C15H27N3O. The Labute approximate surface area is 116 Å². The van der Waals surface area contributed by atoms with E-state index in [1.54, 1.807) is 0 Å². The van der Waals surface area contributed by atoms with Gasteiger partial charge in [-0.3, -0.25) is 0 Å². The second-order valence-corrected chi connectivity index (χ2v) is 5.46. The average Bonchev–Trinajstić information content (AvgIpc) is 2.87. The molecule has 0 aromatic carbocycles. The van der Waals surface area contributed by atoms with E-state index in [9.17, 15) is 0 Å². The fourth-order valence-electron chi connectivity index (χ4n) is 2.95. The van der Waals surface area contributed by atoms with Gasteiger partial charge in [-0.2, -0.15) is 0 Å². The fourth-order valence-corrected chi connectivity index (χ4v) is 2.95. The summed E-state index contributed by atoms with van der Waals surface area (Å²) in [6, 6.07) is 0.616. The zero-order chi connectivity index (χ0) is 13.5. The van der Waals surface area contributed by atoms with Crippen molar-refractivity contribution in [3.8, 4) is 0 Å². The lowest BCUT2D eigenvalue weighted by atomic mass is 9.86. The molecule has 0 aliphatic heterocycles. The summed E-state index contributed by atoms with van der Waals surface area (Å²) in [5.41, 5.74) is 0. The van der Waals surface area contributed by atoms with Crippen molar-refractivity contribution in [2.45, 2.75) is 52.0 Å². The van der Waals surface area contributed by atoms with Gasteiger partial charge in [0.15, 0.2) is 0 Å². The van der Waals surface area contributed by atoms with Crippen molar-refractivity contribution in [2.75, 3.05) is 25.1 Å². The van der Waals surface area contributed by atoms with E-state index in [2.05, 4.69) is 28.0 Å². The van der Waals surface area contributed by atoms with Crippen molar-refractivity contribution in [2.24, 2.45) is 5.92 Å². The lowest BCUT2D eigenvalue weighted by Crippen LogP contribution is -2.22. The number of anilines is 1. The molecule has 4 nitrogen and oxygen atoms in total. The third-order valence-corrected chi connectivity index (χ3v) is 4.04. The Morgan fingerprint density at radius 3 is 3.05 bits per heavy atom. The first-order valence-electron chi connectivity index (χ1n) is 7.67. The zero-order valence-electron chi connectivity index (χ0n) is 12.3. The highest BCUT2D eigenvalue weighted by molar-refractivity contribution is 5.26. The Morgan fingerprint density at radius 2 is 2.26 bits per heavy atom. The van der Waals surface area contributed by atoms with E-state index in [1.165, 1.54) is 25.7 Å². The molecule has 2 unspecified atom stereocenters. The van der Waals surface area contributed by atoms with E-state index in [-0.39, 0.29) is 0 Å². The molecule has 0 bridgehead atoms. The Morgan fingerprint density at radius 1 is 1.42 bits per heavy atom. The van der Waals surface area contributed by atoms with Gasteiger partial charge >= 0.3 is 0 Å². The molecule has 2 rings (SSSR count). The molecular weight excluding hydrogens is 238 g/mol. The number of imidazole rings is 1. The molecule has 1 aliphatic rings. The lowest BCUT2D eigenvalue weighted by Gasteiger charge is -2.31. The van der Waals surface area contributed by atoms with Crippen LogP contribution in [-0.2, 0) is 4.74 Å². The number of hydrogen-bond acceptors (Lipinski definition) is 3. The molecule has 1 fully saturated rings. The standard InChI is InChI=1S/C15H27N3O/c1-3-19-12-6-9-16-15-17-10-11-18(15)14-8-5-4-7-13(14)2/h10-11,13-14H,3-9,12H2,1-2H3,(H,16,17). The number of nitrogens with one attached hydrogen (secondary N) is 1. The molecule has 1 N–H and O–H groups in total. The highest BCUT2D eigenvalue weighted by Crippen LogP contribution is 2.34. The third kappa shape index (κ3) is 3.96. The number of rotatable bonds is 7. The summed E-state index contributed by atoms with van der Waals surface area (Å²) < 4.78 is 7.69. The number of ether oxygens (including phenoxy) is 1. The minimum Gasteiger partial charge on any atom is -0.382 e. The van der Waals surface area contributed by atoms with Crippen molar-refractivity contribution in [3.63, 3.8) is 0 Å². The molecule has 2 atom stereocenters. The fraction of sp³-hybridized carbons (Fsp3) is 0.800. The van der Waals surface area contributed by atoms with Crippen molar-refractivity contribution in [1.29, 1.82) is 0 Å². The second-order valence-electron chi connectivity index (χ2n) is 5.46. The van der Waals surface area contributed by atoms with Gasteiger partial charge in [-0.1, -0.05) is 19.8 Å². The van der Waals surface area contributed by atoms with Crippen LogP contribution in [0.5, 0.6) is 0 Å². The average molecular weight is 265 g/mol. The Bertz CT molecular complexity index is 364. The van der Waals surface area contributed by atoms with Crippen LogP contribution in [0.15, 0.2) is 12.4 Å². The molecule has 1 heterocycles. The molecule has 1 aromatic rings. The largest absolute Gasteiger partial charge is 0.382 e. The summed E-state index contributed by atoms with van der Waals surface area (Å²) in [5, 5.41) is 3.44. The predicted octanol–water partition coefficient (Wildman–Crippen LogP) is 3.47. The molecule has 0 saturated heterocycles. The highest BCUT2D eigenvalue weighted by atomic mass is 16.5. The van der Waals surface area contributed by atoms with E-state index in [0.29, 0.717) is 6.04 Å². The molecule has 4 heteroatoms. The summed E-state index contributed by atoms with van der Waals surface area (Å²) >= 11 is 0. The van der Waals surface area contributed by atoms with Crippen LogP contribution in [0, 0.1) is 5.92 Å². The third-order valence-electron chi connectivity index (χ3n) is 4.04. The molecule has 0 amide bonds. The quantitative estimate of drug-likeness (QED) is 0.767. The summed E-state index contributed by atoms with van der Waals surface area (Å²) in [6.07, 6.45) is 10.4. The van der Waals surface area contributed by atoms with Crippen LogP contribution >= 0.6 is 0 Å². The van der Waals surface area contributed by atoms with Crippen LogP contribution in [0.3, 0.4) is 0 Å². The van der Waals surface area contributed by atoms with Crippen LogP contribution in [0.1, 0.15) is 52.0 Å². The van der Waals surface area contributed by atoms with E-state index in [0.717, 1.165) is 38.0 Å². The number of hydrogen-bond donors (Lipinski definition) is 1. The summed E-state index contributed by atoms with van der Waals surface area (Å²) in [6.45, 7) is 6.95. The lowest BCUT2D eigenvalue weighted by molar-refractivity contribution is 0.147. The molecule has 19 heavy (non-hydrogen) atoms. The Hall–Kier alpha value is -1.03. The predicted molar refractivity (Wildman–Crippen MR) is 78.5 cm³/mol. The monoisotopic (exact) mass is 265 g/mol. The maximum atomic E-state index is 5.35. The van der Waals surface area contributed by atoms with Crippen molar-refractivity contribution < 1.29 is 4.74 Å². The van der Waals surface area contributed by atoms with E-state index < -0.39 is 0 Å². The van der Waals surface area contributed by atoms with Gasteiger partial charge < -0.3 is 14.6 Å². The van der Waals surface area contributed by atoms with E-state index >= 15 is 0 Å². The second kappa shape index (κ2) is 7.53. The molecule has 1 saturated carbocycles. The molecule has 1 aromatic heterocycles. The maximum absolute atomic E-state index is 5.35. The molecule has 0 spiro atoms. The SMILES string of the molecule is CCOCCCNc1nccn1C1CCCCC1C. The number of aromatic nitrogens is 2. The first kappa shape index (κ1) is 14.4. The van der Waals surface area contributed by atoms with Crippen LogP contribution in [-0.4, -0.2) is 29.3 Å². The van der Waals surface area contributed by atoms with Gasteiger partial charge in [0.2, 0.25) is 5.95 Å².